The predicted molar refractivity (Wildman–Crippen MR) is 481 cm³/mol. The normalized spacial score (nSPS) is 18.6. The van der Waals surface area contributed by atoms with Crippen LogP contribution in [0.25, 0.3) is 11.1 Å². The van der Waals surface area contributed by atoms with Crippen molar-refractivity contribution in [3.63, 3.8) is 0 Å². The van der Waals surface area contributed by atoms with Gasteiger partial charge >= 0.3 is 12.4 Å². The van der Waals surface area contributed by atoms with Crippen LogP contribution in [0.2, 0.25) is 0 Å². The Bertz CT molecular complexity index is 3990. The Morgan fingerprint density at radius 1 is 0.351 bits per heavy atom. The van der Waals surface area contributed by atoms with Crippen molar-refractivity contribution in [3.05, 3.63) is 332 Å². The summed E-state index contributed by atoms with van der Waals surface area (Å²) in [5.74, 6) is 5.16. The van der Waals surface area contributed by atoms with E-state index < -0.39 is 28.9 Å². The maximum atomic E-state index is 13.7. The third-order valence-electron chi connectivity index (χ3n) is 23.4. The quantitative estimate of drug-likeness (QED) is 0.116. The van der Waals surface area contributed by atoms with E-state index in [-0.39, 0.29) is 5.41 Å². The van der Waals surface area contributed by atoms with E-state index in [4.69, 9.17) is 0 Å². The Labute approximate surface area is 691 Å². The van der Waals surface area contributed by atoms with Gasteiger partial charge in [0.15, 0.2) is 0 Å². The zero-order valence-corrected chi connectivity index (χ0v) is 74.1. The maximum Gasteiger partial charge on any atom is 0.411 e. The van der Waals surface area contributed by atoms with Crippen molar-refractivity contribution in [1.82, 2.24) is 0 Å². The second-order valence-electron chi connectivity index (χ2n) is 34.7. The van der Waals surface area contributed by atoms with Crippen LogP contribution in [0.4, 0.5) is 26.3 Å². The number of rotatable bonds is 11. The molecule has 114 heavy (non-hydrogen) atoms. The lowest BCUT2D eigenvalue weighted by Crippen LogP contribution is -2.54. The molecule has 0 amide bonds. The zero-order chi connectivity index (χ0) is 84.0. The lowest BCUT2D eigenvalue weighted by atomic mass is 9.60. The second-order valence-corrected chi connectivity index (χ2v) is 35.9. The molecule has 4 aliphatic rings. The summed E-state index contributed by atoms with van der Waals surface area (Å²) in [5, 5.41) is 0. The predicted octanol–water partition coefficient (Wildman–Crippen LogP) is 33.3. The molecule has 10 aromatic carbocycles. The average Bonchev–Trinajstić information content (AvgIpc) is 0.788. The smallest absolute Gasteiger partial charge is 0.169 e. The Morgan fingerprint density at radius 2 is 0.632 bits per heavy atom. The number of aryl methyl sites for hydroxylation is 8. The molecule has 14 rings (SSSR count). The van der Waals surface area contributed by atoms with E-state index in [1.165, 1.54) is 189 Å². The summed E-state index contributed by atoms with van der Waals surface area (Å²) in [6.45, 7) is 45.4. The summed E-state index contributed by atoms with van der Waals surface area (Å²) in [4.78, 5) is 2.59. The molecule has 0 aliphatic heterocycles. The lowest BCUT2D eigenvalue weighted by Gasteiger charge is -2.45. The fourth-order valence-electron chi connectivity index (χ4n) is 16.8. The van der Waals surface area contributed by atoms with Gasteiger partial charge in [0, 0.05) is 15.2 Å². The Balaban J connectivity index is 0.000000207. The van der Waals surface area contributed by atoms with Crippen molar-refractivity contribution in [1.29, 1.82) is 0 Å². The maximum absolute atomic E-state index is 13.7. The molecule has 0 bridgehead atoms. The molecule has 0 radical (unpaired) electrons. The first-order valence-corrected chi connectivity index (χ1v) is 43.4. The van der Waals surface area contributed by atoms with Crippen molar-refractivity contribution < 1.29 is 26.3 Å². The van der Waals surface area contributed by atoms with Gasteiger partial charge in [-0.1, -0.05) is 422 Å². The van der Waals surface area contributed by atoms with Crippen molar-refractivity contribution in [2.45, 2.75) is 275 Å². The van der Waals surface area contributed by atoms with E-state index in [0.717, 1.165) is 66.7 Å². The molecule has 0 heterocycles. The first-order chi connectivity index (χ1) is 54.0. The summed E-state index contributed by atoms with van der Waals surface area (Å²) in [6.07, 6.45) is 10.4. The summed E-state index contributed by atoms with van der Waals surface area (Å²) in [7, 11) is 0. The van der Waals surface area contributed by atoms with Crippen molar-refractivity contribution >= 4 is 11.8 Å². The molecule has 0 N–H and O–H groups in total. The highest BCUT2D eigenvalue weighted by Gasteiger charge is 2.72. The van der Waals surface area contributed by atoms with Crippen LogP contribution in [0.1, 0.15) is 262 Å². The van der Waals surface area contributed by atoms with Gasteiger partial charge in [-0.25, -0.2) is 0 Å². The molecule has 2 atom stereocenters. The molecule has 3 saturated carbocycles. The molecule has 10 aromatic rings. The third-order valence-corrected chi connectivity index (χ3v) is 24.5. The Hall–Kier alpha value is -7.87. The van der Waals surface area contributed by atoms with Crippen LogP contribution >= 0.6 is 11.8 Å². The highest BCUT2D eigenvalue weighted by Crippen LogP contribution is 2.56. The van der Waals surface area contributed by atoms with Crippen LogP contribution < -0.4 is 0 Å². The van der Waals surface area contributed by atoms with Crippen LogP contribution in [-0.4, -0.2) is 12.4 Å². The zero-order valence-electron chi connectivity index (χ0n) is 73.3. The number of fused-ring (bicyclic) bond motifs is 3. The lowest BCUT2D eigenvalue weighted by molar-refractivity contribution is -0.288. The summed E-state index contributed by atoms with van der Waals surface area (Å²) >= 11 is 1.80. The number of hydrogen-bond donors (Lipinski definition) is 0. The molecule has 614 valence electrons. The number of alkyl halides is 6. The fraction of sp³-hybridized carbons (Fsp3) is 0.439. The molecular weight excluding hydrogens is 1430 g/mol. The molecule has 0 nitrogen and oxygen atoms in total. The van der Waals surface area contributed by atoms with Gasteiger partial charge in [-0.3, -0.25) is 0 Å². The molecule has 7 heteroatoms. The van der Waals surface area contributed by atoms with E-state index in [9.17, 15) is 26.3 Å². The highest BCUT2D eigenvalue weighted by molar-refractivity contribution is 7.99. The van der Waals surface area contributed by atoms with Gasteiger partial charge < -0.3 is 0 Å². The van der Waals surface area contributed by atoms with Crippen LogP contribution in [0.5, 0.6) is 0 Å². The molecule has 3 fully saturated rings. The first-order valence-electron chi connectivity index (χ1n) is 42.5. The SMILES string of the molecule is CC.CC.CC1CCC(CC2CCC(C)CC2)CC1.CCC1(C)CC(C)CC(C)(C)C1.Cc1ccc(C(C)(C)c2ccc(C)cc2)cc1.Cc1ccc(C(c2ccc(C)cc2)(C(F)(F)F)C(F)(F)F)cc1.Cc1ccc(Cc2ccc(C)cc2)cc1.Cc1ccc(Sc2ccc(C)cc2)cc1.c1ccc2c(c1)Cc1ccccc1-2. The minimum atomic E-state index is -5.53. The Kier molecular flexibility index (Phi) is 37.5. The summed E-state index contributed by atoms with van der Waals surface area (Å²) in [5.41, 5.74) is 15.8. The van der Waals surface area contributed by atoms with Gasteiger partial charge in [0.25, 0.3) is 0 Å². The summed E-state index contributed by atoms with van der Waals surface area (Å²) in [6, 6.07) is 78.3. The van der Waals surface area contributed by atoms with E-state index in [0.29, 0.717) is 22.0 Å². The molecule has 0 saturated heterocycles. The first kappa shape index (κ1) is 95.0. The minimum Gasteiger partial charge on any atom is -0.169 e. The topological polar surface area (TPSA) is 0 Å². The van der Waals surface area contributed by atoms with E-state index in [2.05, 4.69) is 298 Å². The van der Waals surface area contributed by atoms with Gasteiger partial charge in [0.1, 0.15) is 0 Å². The van der Waals surface area contributed by atoms with E-state index >= 15 is 0 Å². The second kappa shape index (κ2) is 45.0. The Morgan fingerprint density at radius 3 is 0.921 bits per heavy atom. The monoisotopic (exact) mass is 1570 g/mol. The van der Waals surface area contributed by atoms with Crippen LogP contribution in [0, 0.1) is 95.8 Å². The van der Waals surface area contributed by atoms with Gasteiger partial charge in [-0.15, -0.1) is 0 Å². The van der Waals surface area contributed by atoms with Crippen LogP contribution in [0.3, 0.4) is 0 Å². The number of halogens is 6. The fourth-order valence-corrected chi connectivity index (χ4v) is 17.6. The minimum absolute atomic E-state index is 0.0708. The van der Waals surface area contributed by atoms with Gasteiger partial charge in [-0.2, -0.15) is 26.3 Å². The molecule has 2 unspecified atom stereocenters. The van der Waals surface area contributed by atoms with Gasteiger partial charge in [0.05, 0.1) is 0 Å². The van der Waals surface area contributed by atoms with Crippen molar-refractivity contribution in [2.24, 2.45) is 40.4 Å². The van der Waals surface area contributed by atoms with Crippen LogP contribution in [-0.2, 0) is 23.7 Å². The number of hydrogen-bond acceptors (Lipinski definition) is 1. The molecule has 4 aliphatic carbocycles. The molecule has 0 spiro atoms. The largest absolute Gasteiger partial charge is 0.411 e. The standard InChI is InChI=1S/C17H14F6.C17H20.C15H28.C15H16.C14H14S.C13H10.C12H24.2C2H6/c1-11-3-7-13(8-4-11)15(16(18,19)20,17(21,22)23)14-9-5-12(2)6-10-14;1-13-5-9-15(10-6-13)17(3,4)16-11-7-14(2)8-12-16;2*1-12-3-7-14(8-4-12)11-15-9-5-13(2)6-10-15;1-11-3-7-13(8-4-11)15-14-9-5-12(2)6-10-14;1-3-7-12-10(5-1)9-11-6-2-4-8-13(11)12;1-6-12(5)8-10(2)7-11(3,4)9-12;2*1-2/h3-10H,1-2H3;5-12H,1-4H3;12-15H,3-11H2,1-2H3;3-10H,11H2,1-2H3;3-10H,1-2H3;1-8H,9H2;10H,6-9H2,1-5H3;2*1-2H3. The van der Waals surface area contributed by atoms with Crippen molar-refractivity contribution in [2.75, 3.05) is 0 Å². The third kappa shape index (κ3) is 29.1. The molecule has 0 aromatic heterocycles. The van der Waals surface area contributed by atoms with E-state index in [1.54, 1.807) is 32.0 Å². The van der Waals surface area contributed by atoms with Crippen molar-refractivity contribution in [3.8, 4) is 11.1 Å². The van der Waals surface area contributed by atoms with E-state index in [1.807, 2.05) is 27.7 Å². The van der Waals surface area contributed by atoms with Gasteiger partial charge in [0.2, 0.25) is 5.41 Å². The van der Waals surface area contributed by atoms with Gasteiger partial charge in [-0.05, 0) is 214 Å². The van der Waals surface area contributed by atoms with Crippen LogP contribution in [0.15, 0.2) is 252 Å². The molecular formula is C107H138F6S. The summed E-state index contributed by atoms with van der Waals surface area (Å²) < 4.78 is 82.3. The average molecular weight is 1570 g/mol. The highest BCUT2D eigenvalue weighted by atomic mass is 32.2. The number of benzene rings is 10.